The van der Waals surface area contributed by atoms with E-state index in [4.69, 9.17) is 0 Å². The van der Waals surface area contributed by atoms with Gasteiger partial charge in [-0.15, -0.1) is 0 Å². The predicted octanol–water partition coefficient (Wildman–Crippen LogP) is 2.57. The van der Waals surface area contributed by atoms with Crippen molar-refractivity contribution in [2.45, 2.75) is 4.90 Å². The predicted molar refractivity (Wildman–Crippen MR) is 60.2 cm³/mol. The van der Waals surface area contributed by atoms with Crippen molar-refractivity contribution in [1.82, 2.24) is 0 Å². The Morgan fingerprint density at radius 3 is 2.14 bits per heavy atom. The van der Waals surface area contributed by atoms with Crippen LogP contribution in [0.25, 0.3) is 10.8 Å². The average molecular weight is 271 g/mol. The molecule has 0 aliphatic rings. The molecule has 0 spiro atoms. The zero-order chi connectivity index (χ0) is 10.1. The summed E-state index contributed by atoms with van der Waals surface area (Å²) in [5, 5.41) is 1.96. The molecule has 0 aliphatic heterocycles. The molecule has 0 aliphatic carbocycles. The van der Waals surface area contributed by atoms with Gasteiger partial charge in [0.05, 0.1) is 4.90 Å². The number of fused-ring (bicyclic) bond motifs is 1. The Kier molecular flexibility index (Phi) is 2.56. The van der Waals surface area contributed by atoms with E-state index in [9.17, 15) is 8.42 Å². The fourth-order valence-electron chi connectivity index (χ4n) is 1.34. The van der Waals surface area contributed by atoms with Gasteiger partial charge in [0.2, 0.25) is 0 Å². The van der Waals surface area contributed by atoms with Gasteiger partial charge in [-0.2, -0.15) is 0 Å². The Morgan fingerprint density at radius 2 is 1.57 bits per heavy atom. The van der Waals surface area contributed by atoms with Crippen LogP contribution in [0.3, 0.4) is 0 Å². The first-order chi connectivity index (χ1) is 6.68. The minimum atomic E-state index is -2.54. The number of hydrogen-bond donors (Lipinski definition) is 1. The highest BCUT2D eigenvalue weighted by Gasteiger charge is 2.03. The Morgan fingerprint density at radius 1 is 1.00 bits per heavy atom. The van der Waals surface area contributed by atoms with Crippen LogP contribution in [0.4, 0.5) is 0 Å². The first kappa shape index (κ1) is 9.68. The maximum absolute atomic E-state index is 10.9. The summed E-state index contributed by atoms with van der Waals surface area (Å²) in [4.78, 5) is 0.332. The second kappa shape index (κ2) is 3.71. The lowest BCUT2D eigenvalue weighted by Gasteiger charge is -2.00. The molecule has 0 N–H and O–H groups in total. The molecule has 0 saturated carbocycles. The van der Waals surface area contributed by atoms with Crippen LogP contribution < -0.4 is 0 Å². The van der Waals surface area contributed by atoms with Crippen molar-refractivity contribution >= 4 is 37.4 Å². The van der Waals surface area contributed by atoms with Crippen LogP contribution in [0, 0.1) is 0 Å². The zero-order valence-electron chi connectivity index (χ0n) is 7.11. The van der Waals surface area contributed by atoms with Crippen LogP contribution in [-0.2, 0) is 10.7 Å². The minimum Gasteiger partial charge on any atom is -0.227 e. The van der Waals surface area contributed by atoms with Crippen LogP contribution in [0.5, 0.6) is 0 Å². The molecule has 0 atom stereocenters. The highest BCUT2D eigenvalue weighted by Crippen LogP contribution is 2.25. The van der Waals surface area contributed by atoms with E-state index in [1.807, 2.05) is 30.3 Å². The zero-order valence-corrected chi connectivity index (χ0v) is 9.59. The number of thiol groups is 1. The standard InChI is InChI=1S/C10H7BrO2S/c11-9-5-7-3-1-2-4-8(7)6-10(9)14(12)13/h1-6,14H. The molecule has 2 nitrogen and oxygen atoms in total. The molecule has 0 fully saturated rings. The molecule has 0 aromatic heterocycles. The van der Waals surface area contributed by atoms with E-state index in [2.05, 4.69) is 15.9 Å². The lowest BCUT2D eigenvalue weighted by Crippen LogP contribution is -1.83. The maximum atomic E-state index is 10.9. The van der Waals surface area contributed by atoms with Gasteiger partial charge < -0.3 is 0 Å². The monoisotopic (exact) mass is 270 g/mol. The van der Waals surface area contributed by atoms with Gasteiger partial charge in [-0.25, -0.2) is 8.42 Å². The van der Waals surface area contributed by atoms with Gasteiger partial charge in [0.25, 0.3) is 0 Å². The molecule has 2 aromatic rings. The fraction of sp³-hybridized carbons (Fsp3) is 0. The SMILES string of the molecule is O=[SH](=O)c1cc2ccccc2cc1Br. The second-order valence-electron chi connectivity index (χ2n) is 2.91. The largest absolute Gasteiger partial charge is 0.227 e. The van der Waals surface area contributed by atoms with Crippen LogP contribution in [0.15, 0.2) is 45.8 Å². The average Bonchev–Trinajstić information content (AvgIpc) is 2.16. The van der Waals surface area contributed by atoms with Gasteiger partial charge in [0, 0.05) is 4.47 Å². The van der Waals surface area contributed by atoms with E-state index in [0.717, 1.165) is 10.8 Å². The summed E-state index contributed by atoms with van der Waals surface area (Å²) in [6, 6.07) is 11.1. The van der Waals surface area contributed by atoms with Gasteiger partial charge in [-0.05, 0) is 38.8 Å². The van der Waals surface area contributed by atoms with Crippen molar-refractivity contribution in [3.63, 3.8) is 0 Å². The summed E-state index contributed by atoms with van der Waals surface area (Å²) in [5.41, 5.74) is 0. The Labute approximate surface area is 91.6 Å². The van der Waals surface area contributed by atoms with Gasteiger partial charge >= 0.3 is 0 Å². The van der Waals surface area contributed by atoms with Crippen LogP contribution in [0.1, 0.15) is 0 Å². The molecule has 0 amide bonds. The van der Waals surface area contributed by atoms with Crippen LogP contribution in [0.2, 0.25) is 0 Å². The highest BCUT2D eigenvalue weighted by atomic mass is 79.9. The Balaban J connectivity index is 2.84. The first-order valence-electron chi connectivity index (χ1n) is 4.01. The summed E-state index contributed by atoms with van der Waals surface area (Å²) in [6.07, 6.45) is 0. The molecule has 0 heterocycles. The number of benzene rings is 2. The first-order valence-corrected chi connectivity index (χ1v) is 5.98. The third kappa shape index (κ3) is 1.67. The summed E-state index contributed by atoms with van der Waals surface area (Å²) < 4.78 is 22.4. The molecule has 0 saturated heterocycles. The summed E-state index contributed by atoms with van der Waals surface area (Å²) in [6.45, 7) is 0. The van der Waals surface area contributed by atoms with Gasteiger partial charge in [-0.3, -0.25) is 0 Å². The molecule has 0 radical (unpaired) electrons. The van der Waals surface area contributed by atoms with E-state index >= 15 is 0 Å². The number of rotatable bonds is 1. The van der Waals surface area contributed by atoms with Gasteiger partial charge in [-0.1, -0.05) is 24.3 Å². The Bertz CT molecular complexity index is 553. The van der Waals surface area contributed by atoms with Crippen molar-refractivity contribution < 1.29 is 8.42 Å². The van der Waals surface area contributed by atoms with Crippen molar-refractivity contribution in [3.8, 4) is 0 Å². The number of hydrogen-bond acceptors (Lipinski definition) is 2. The molecule has 0 bridgehead atoms. The summed E-state index contributed by atoms with van der Waals surface area (Å²) >= 11 is 3.23. The number of halogens is 1. The topological polar surface area (TPSA) is 34.1 Å². The van der Waals surface area contributed by atoms with E-state index in [0.29, 0.717) is 9.37 Å². The third-order valence-corrected chi connectivity index (χ3v) is 3.74. The molecule has 0 unspecified atom stereocenters. The smallest absolute Gasteiger partial charge is 0.169 e. The summed E-state index contributed by atoms with van der Waals surface area (Å²) in [7, 11) is -2.54. The van der Waals surface area contributed by atoms with Crippen LogP contribution in [-0.4, -0.2) is 8.42 Å². The molecule has 2 rings (SSSR count). The normalized spacial score (nSPS) is 11.0. The van der Waals surface area contributed by atoms with E-state index in [1.165, 1.54) is 0 Å². The molecule has 72 valence electrons. The fourth-order valence-corrected chi connectivity index (χ4v) is 2.62. The molecular formula is C10H7BrO2S. The van der Waals surface area contributed by atoms with Crippen LogP contribution >= 0.6 is 15.9 Å². The minimum absolute atomic E-state index is 0.332. The Hall–Kier alpha value is -0.870. The van der Waals surface area contributed by atoms with Crippen molar-refractivity contribution in [2.24, 2.45) is 0 Å². The third-order valence-electron chi connectivity index (χ3n) is 2.01. The van der Waals surface area contributed by atoms with E-state index < -0.39 is 10.7 Å². The van der Waals surface area contributed by atoms with Crippen molar-refractivity contribution in [1.29, 1.82) is 0 Å². The van der Waals surface area contributed by atoms with Crippen molar-refractivity contribution in [2.75, 3.05) is 0 Å². The maximum Gasteiger partial charge on any atom is 0.169 e. The second-order valence-corrected chi connectivity index (χ2v) is 4.76. The summed E-state index contributed by atoms with van der Waals surface area (Å²) in [5.74, 6) is 0. The molecule has 14 heavy (non-hydrogen) atoms. The lowest BCUT2D eigenvalue weighted by atomic mass is 10.1. The van der Waals surface area contributed by atoms with E-state index in [-0.39, 0.29) is 0 Å². The van der Waals surface area contributed by atoms with Gasteiger partial charge in [0.1, 0.15) is 0 Å². The molecular weight excluding hydrogens is 264 g/mol. The quantitative estimate of drug-likeness (QED) is 0.809. The molecule has 2 aromatic carbocycles. The highest BCUT2D eigenvalue weighted by molar-refractivity contribution is 9.10. The van der Waals surface area contributed by atoms with E-state index in [1.54, 1.807) is 6.07 Å². The van der Waals surface area contributed by atoms with Gasteiger partial charge in [0.15, 0.2) is 10.7 Å². The van der Waals surface area contributed by atoms with Crippen molar-refractivity contribution in [3.05, 3.63) is 40.9 Å². The lowest BCUT2D eigenvalue weighted by molar-refractivity contribution is 0.614. The molecule has 4 heteroatoms.